The highest BCUT2D eigenvalue weighted by Gasteiger charge is 2.30. The van der Waals surface area contributed by atoms with E-state index in [1.165, 1.54) is 4.31 Å². The topological polar surface area (TPSA) is 78.0 Å². The molecule has 0 saturated carbocycles. The molecule has 30 heavy (non-hydrogen) atoms. The van der Waals surface area contributed by atoms with Gasteiger partial charge in [0.1, 0.15) is 0 Å². The van der Waals surface area contributed by atoms with Crippen molar-refractivity contribution < 1.29 is 18.0 Å². The van der Waals surface area contributed by atoms with E-state index in [4.69, 9.17) is 0 Å². The van der Waals surface area contributed by atoms with E-state index in [1.807, 2.05) is 24.3 Å². The Hall–Kier alpha value is -2.71. The standard InChI is InChI=1S/C22H25N3O4S/c26-21-7-4-12-25(21)19-10-8-18(9-11-19)17-22(27)23-13-15-24(16-14-23)30(28,29)20-5-2-1-3-6-20/h1-3,5-6,8-11H,4,7,12-17H2. The van der Waals surface area contributed by atoms with Gasteiger partial charge in [-0.25, -0.2) is 8.42 Å². The summed E-state index contributed by atoms with van der Waals surface area (Å²) in [6.07, 6.45) is 1.73. The summed E-state index contributed by atoms with van der Waals surface area (Å²) in [6, 6.07) is 15.9. The lowest BCUT2D eigenvalue weighted by atomic mass is 10.1. The quantitative estimate of drug-likeness (QED) is 0.730. The number of rotatable bonds is 5. The summed E-state index contributed by atoms with van der Waals surface area (Å²) in [6.45, 7) is 2.09. The first-order chi connectivity index (χ1) is 14.4. The fraction of sp³-hybridized carbons (Fsp3) is 0.364. The zero-order valence-corrected chi connectivity index (χ0v) is 17.6. The SMILES string of the molecule is O=C(Cc1ccc(N2CCCC2=O)cc1)N1CCN(S(=O)(=O)c2ccccc2)CC1. The Balaban J connectivity index is 1.33. The van der Waals surface area contributed by atoms with Crippen LogP contribution in [-0.4, -0.2) is 62.2 Å². The summed E-state index contributed by atoms with van der Waals surface area (Å²) in [7, 11) is -3.52. The van der Waals surface area contributed by atoms with E-state index in [1.54, 1.807) is 40.1 Å². The lowest BCUT2D eigenvalue weighted by Crippen LogP contribution is -2.50. The van der Waals surface area contributed by atoms with E-state index < -0.39 is 10.0 Å². The minimum atomic E-state index is -3.52. The second kappa shape index (κ2) is 8.57. The molecule has 0 radical (unpaired) electrons. The number of amides is 2. The predicted molar refractivity (Wildman–Crippen MR) is 114 cm³/mol. The molecule has 2 amide bonds. The van der Waals surface area contributed by atoms with Crippen LogP contribution >= 0.6 is 0 Å². The molecular weight excluding hydrogens is 402 g/mol. The highest BCUT2D eigenvalue weighted by Crippen LogP contribution is 2.22. The van der Waals surface area contributed by atoms with Crippen LogP contribution in [0.1, 0.15) is 18.4 Å². The molecule has 0 N–H and O–H groups in total. The average molecular weight is 428 g/mol. The van der Waals surface area contributed by atoms with Gasteiger partial charge in [-0.15, -0.1) is 0 Å². The second-order valence-electron chi connectivity index (χ2n) is 7.59. The van der Waals surface area contributed by atoms with Gasteiger partial charge < -0.3 is 9.80 Å². The minimum absolute atomic E-state index is 0.0169. The van der Waals surface area contributed by atoms with Gasteiger partial charge in [0.15, 0.2) is 0 Å². The summed E-state index contributed by atoms with van der Waals surface area (Å²) in [5.74, 6) is 0.124. The number of carbonyl (C=O) groups is 2. The molecule has 2 aliphatic rings. The van der Waals surface area contributed by atoms with E-state index >= 15 is 0 Å². The van der Waals surface area contributed by atoms with Crippen molar-refractivity contribution in [3.63, 3.8) is 0 Å². The van der Waals surface area contributed by atoms with Gasteiger partial charge in [-0.2, -0.15) is 4.31 Å². The Kier molecular flexibility index (Phi) is 5.87. The van der Waals surface area contributed by atoms with Crippen LogP contribution in [0.5, 0.6) is 0 Å². The number of anilines is 1. The van der Waals surface area contributed by atoms with Crippen LogP contribution in [0.15, 0.2) is 59.5 Å². The molecule has 158 valence electrons. The maximum absolute atomic E-state index is 12.7. The van der Waals surface area contributed by atoms with Crippen LogP contribution in [-0.2, 0) is 26.0 Å². The van der Waals surface area contributed by atoms with Crippen molar-refractivity contribution >= 4 is 27.5 Å². The van der Waals surface area contributed by atoms with Crippen molar-refractivity contribution in [3.8, 4) is 0 Å². The molecule has 0 aliphatic carbocycles. The first-order valence-electron chi connectivity index (χ1n) is 10.2. The van der Waals surface area contributed by atoms with Gasteiger partial charge in [0.25, 0.3) is 0 Å². The third-order valence-corrected chi connectivity index (χ3v) is 7.56. The van der Waals surface area contributed by atoms with Crippen molar-refractivity contribution in [2.75, 3.05) is 37.6 Å². The number of nitrogens with zero attached hydrogens (tertiary/aromatic N) is 3. The molecule has 2 aromatic rings. The number of hydrogen-bond acceptors (Lipinski definition) is 4. The molecule has 2 saturated heterocycles. The van der Waals surface area contributed by atoms with Gasteiger partial charge in [-0.1, -0.05) is 30.3 Å². The predicted octanol–water partition coefficient (Wildman–Crippen LogP) is 1.89. The van der Waals surface area contributed by atoms with E-state index in [0.717, 1.165) is 24.2 Å². The number of piperazine rings is 1. The molecule has 4 rings (SSSR count). The molecule has 0 spiro atoms. The average Bonchev–Trinajstić information content (AvgIpc) is 3.21. The van der Waals surface area contributed by atoms with Gasteiger partial charge in [0, 0.05) is 44.8 Å². The van der Waals surface area contributed by atoms with Crippen molar-refractivity contribution in [1.29, 1.82) is 0 Å². The number of sulfonamides is 1. The van der Waals surface area contributed by atoms with Crippen LogP contribution in [0, 0.1) is 0 Å². The molecule has 8 heteroatoms. The maximum Gasteiger partial charge on any atom is 0.243 e. The molecule has 2 fully saturated rings. The molecular formula is C22H25N3O4S. The van der Waals surface area contributed by atoms with Crippen molar-refractivity contribution in [1.82, 2.24) is 9.21 Å². The Bertz CT molecular complexity index is 1010. The number of carbonyl (C=O) groups excluding carboxylic acids is 2. The lowest BCUT2D eigenvalue weighted by molar-refractivity contribution is -0.131. The second-order valence-corrected chi connectivity index (χ2v) is 9.53. The van der Waals surface area contributed by atoms with Gasteiger partial charge in [-0.05, 0) is 36.2 Å². The van der Waals surface area contributed by atoms with Crippen molar-refractivity contribution in [2.24, 2.45) is 0 Å². The van der Waals surface area contributed by atoms with E-state index in [9.17, 15) is 18.0 Å². The van der Waals surface area contributed by atoms with Crippen LogP contribution < -0.4 is 4.90 Å². The first-order valence-corrected chi connectivity index (χ1v) is 11.6. The zero-order chi connectivity index (χ0) is 21.1. The summed E-state index contributed by atoms with van der Waals surface area (Å²) in [5, 5.41) is 0. The maximum atomic E-state index is 12.7. The monoisotopic (exact) mass is 427 g/mol. The lowest BCUT2D eigenvalue weighted by Gasteiger charge is -2.34. The molecule has 2 heterocycles. The largest absolute Gasteiger partial charge is 0.340 e. The van der Waals surface area contributed by atoms with Gasteiger partial charge in [0.2, 0.25) is 21.8 Å². The third-order valence-electron chi connectivity index (χ3n) is 5.65. The van der Waals surface area contributed by atoms with Crippen LogP contribution in [0.2, 0.25) is 0 Å². The molecule has 0 bridgehead atoms. The summed E-state index contributed by atoms with van der Waals surface area (Å²) in [5.41, 5.74) is 1.75. The minimum Gasteiger partial charge on any atom is -0.340 e. The molecule has 2 aromatic carbocycles. The fourth-order valence-electron chi connectivity index (χ4n) is 3.92. The Morgan fingerprint density at radius 2 is 1.53 bits per heavy atom. The molecule has 0 aromatic heterocycles. The molecule has 2 aliphatic heterocycles. The Morgan fingerprint density at radius 3 is 2.13 bits per heavy atom. The van der Waals surface area contributed by atoms with Gasteiger partial charge >= 0.3 is 0 Å². The van der Waals surface area contributed by atoms with Crippen LogP contribution in [0.4, 0.5) is 5.69 Å². The van der Waals surface area contributed by atoms with Crippen LogP contribution in [0.25, 0.3) is 0 Å². The smallest absolute Gasteiger partial charge is 0.243 e. The molecule has 0 atom stereocenters. The van der Waals surface area contributed by atoms with Crippen LogP contribution in [0.3, 0.4) is 0 Å². The van der Waals surface area contributed by atoms with E-state index in [0.29, 0.717) is 32.6 Å². The summed E-state index contributed by atoms with van der Waals surface area (Å²) in [4.78, 5) is 28.3. The molecule has 0 unspecified atom stereocenters. The highest BCUT2D eigenvalue weighted by atomic mass is 32.2. The van der Waals surface area contributed by atoms with Gasteiger partial charge in [0.05, 0.1) is 11.3 Å². The number of benzene rings is 2. The van der Waals surface area contributed by atoms with E-state index in [2.05, 4.69) is 0 Å². The Labute approximate surface area is 176 Å². The highest BCUT2D eigenvalue weighted by molar-refractivity contribution is 7.89. The Morgan fingerprint density at radius 1 is 0.867 bits per heavy atom. The molecule has 7 nitrogen and oxygen atoms in total. The zero-order valence-electron chi connectivity index (χ0n) is 16.7. The van der Waals surface area contributed by atoms with Gasteiger partial charge in [-0.3, -0.25) is 9.59 Å². The first kappa shape index (κ1) is 20.6. The summed E-state index contributed by atoms with van der Waals surface area (Å²) < 4.78 is 26.9. The summed E-state index contributed by atoms with van der Waals surface area (Å²) >= 11 is 0. The third kappa shape index (κ3) is 4.24. The van der Waals surface area contributed by atoms with Crippen molar-refractivity contribution in [3.05, 3.63) is 60.2 Å². The van der Waals surface area contributed by atoms with E-state index in [-0.39, 0.29) is 23.1 Å². The normalized spacial score (nSPS) is 18.1. The van der Waals surface area contributed by atoms with Crippen molar-refractivity contribution in [2.45, 2.75) is 24.2 Å². The fourth-order valence-corrected chi connectivity index (χ4v) is 5.36. The number of hydrogen-bond donors (Lipinski definition) is 0.